The van der Waals surface area contributed by atoms with Gasteiger partial charge in [0.15, 0.2) is 5.84 Å². The molecule has 154 valence electrons. The van der Waals surface area contributed by atoms with Gasteiger partial charge in [-0.15, -0.1) is 4.40 Å². The summed E-state index contributed by atoms with van der Waals surface area (Å²) in [6.45, 7) is 2.94. The van der Waals surface area contributed by atoms with E-state index in [4.69, 9.17) is 11.6 Å². The second kappa shape index (κ2) is 8.30. The van der Waals surface area contributed by atoms with E-state index in [2.05, 4.69) is 14.6 Å². The first kappa shape index (κ1) is 20.1. The summed E-state index contributed by atoms with van der Waals surface area (Å²) in [5, 5.41) is 3.79. The molecule has 1 N–H and O–H groups in total. The Morgan fingerprint density at radius 3 is 2.62 bits per heavy atom. The fraction of sp³-hybridized carbons (Fsp3) is 0.400. The molecular formula is C20H23ClN4O3S. The SMILES string of the molecule is O=C(NC1CCN(Cc2ccc(Cl)cc2)CC1)C1=CC=CN2CCS(=O)(=O)N=C12. The van der Waals surface area contributed by atoms with Crippen LogP contribution in [-0.4, -0.2) is 61.4 Å². The standard InChI is InChI=1S/C20H23ClN4O3S/c21-16-5-3-15(4-6-16)14-24-10-7-17(8-11-24)22-20(26)18-2-1-9-25-12-13-29(27,28)23-19(18)25/h1-6,9,17H,7-8,10-14H2,(H,22,26). The Kier molecular flexibility index (Phi) is 5.76. The van der Waals surface area contributed by atoms with Crippen LogP contribution >= 0.6 is 11.6 Å². The van der Waals surface area contributed by atoms with E-state index in [0.29, 0.717) is 12.1 Å². The molecule has 4 rings (SSSR count). The van der Waals surface area contributed by atoms with Crippen LogP contribution < -0.4 is 5.32 Å². The van der Waals surface area contributed by atoms with E-state index in [-0.39, 0.29) is 23.5 Å². The molecule has 3 aliphatic heterocycles. The highest BCUT2D eigenvalue weighted by Gasteiger charge is 2.31. The first-order valence-electron chi connectivity index (χ1n) is 9.65. The van der Waals surface area contributed by atoms with Crippen LogP contribution in [0.15, 0.2) is 52.6 Å². The zero-order valence-electron chi connectivity index (χ0n) is 15.9. The summed E-state index contributed by atoms with van der Waals surface area (Å²) in [5.74, 6) is -0.0928. The second-order valence-electron chi connectivity index (χ2n) is 7.47. The topological polar surface area (TPSA) is 82.1 Å². The molecule has 0 aromatic heterocycles. The average molecular weight is 435 g/mol. The number of carbonyl (C=O) groups is 1. The van der Waals surface area contributed by atoms with Crippen molar-refractivity contribution in [2.24, 2.45) is 4.40 Å². The number of nitrogens with zero attached hydrogens (tertiary/aromatic N) is 3. The highest BCUT2D eigenvalue weighted by molar-refractivity contribution is 7.90. The van der Waals surface area contributed by atoms with E-state index in [1.54, 1.807) is 23.3 Å². The number of piperidine rings is 1. The molecule has 3 heterocycles. The second-order valence-corrected chi connectivity index (χ2v) is 9.66. The highest BCUT2D eigenvalue weighted by atomic mass is 35.5. The highest BCUT2D eigenvalue weighted by Crippen LogP contribution is 2.20. The first-order valence-corrected chi connectivity index (χ1v) is 11.6. The van der Waals surface area contributed by atoms with Crippen LogP contribution in [0.3, 0.4) is 0 Å². The van der Waals surface area contributed by atoms with Gasteiger partial charge in [-0.1, -0.05) is 23.7 Å². The third kappa shape index (κ3) is 4.88. The minimum atomic E-state index is -3.52. The predicted molar refractivity (Wildman–Crippen MR) is 113 cm³/mol. The summed E-state index contributed by atoms with van der Waals surface area (Å²) in [5.41, 5.74) is 1.52. The normalized spacial score (nSPS) is 21.9. The number of sulfonamides is 1. The van der Waals surface area contributed by atoms with Gasteiger partial charge >= 0.3 is 0 Å². The molecule has 0 atom stereocenters. The van der Waals surface area contributed by atoms with Crippen molar-refractivity contribution in [3.63, 3.8) is 0 Å². The Bertz CT molecular complexity index is 977. The summed E-state index contributed by atoms with van der Waals surface area (Å²) in [7, 11) is -3.52. The number of nitrogens with one attached hydrogen (secondary N) is 1. The minimum Gasteiger partial charge on any atom is -0.349 e. The van der Waals surface area contributed by atoms with E-state index in [1.807, 2.05) is 24.3 Å². The van der Waals surface area contributed by atoms with Gasteiger partial charge in [-0.3, -0.25) is 9.69 Å². The monoisotopic (exact) mass is 434 g/mol. The maximum atomic E-state index is 12.8. The largest absolute Gasteiger partial charge is 0.349 e. The molecule has 0 bridgehead atoms. The van der Waals surface area contributed by atoms with Crippen LogP contribution in [0.2, 0.25) is 5.02 Å². The molecule has 29 heavy (non-hydrogen) atoms. The Labute approximate surface area is 175 Å². The Hall–Kier alpha value is -2.16. The van der Waals surface area contributed by atoms with Crippen LogP contribution in [0.4, 0.5) is 0 Å². The number of hydrogen-bond acceptors (Lipinski definition) is 5. The third-order valence-corrected chi connectivity index (χ3v) is 6.75. The number of fused-ring (bicyclic) bond motifs is 1. The van der Waals surface area contributed by atoms with Gasteiger partial charge in [0.25, 0.3) is 15.9 Å². The minimum absolute atomic E-state index is 0.0399. The van der Waals surface area contributed by atoms with Gasteiger partial charge in [-0.25, -0.2) is 8.42 Å². The van der Waals surface area contributed by atoms with E-state index in [1.165, 1.54) is 5.56 Å². The van der Waals surface area contributed by atoms with Gasteiger partial charge in [0.05, 0.1) is 11.3 Å². The molecule has 1 saturated heterocycles. The van der Waals surface area contributed by atoms with Crippen LogP contribution in [0.25, 0.3) is 0 Å². The number of likely N-dealkylation sites (tertiary alicyclic amines) is 1. The molecule has 7 nitrogen and oxygen atoms in total. The van der Waals surface area contributed by atoms with Crippen molar-refractivity contribution >= 4 is 33.4 Å². The number of rotatable bonds is 4. The zero-order chi connectivity index (χ0) is 20.4. The van der Waals surface area contributed by atoms with Crippen molar-refractivity contribution in [2.75, 3.05) is 25.4 Å². The van der Waals surface area contributed by atoms with E-state index in [9.17, 15) is 13.2 Å². The van der Waals surface area contributed by atoms with Gasteiger partial charge in [0.1, 0.15) is 0 Å². The Balaban J connectivity index is 1.34. The fourth-order valence-corrected chi connectivity index (χ4v) is 4.85. The van der Waals surface area contributed by atoms with Crippen LogP contribution in [-0.2, 0) is 21.4 Å². The summed E-state index contributed by atoms with van der Waals surface area (Å²) in [6, 6.07) is 7.92. The van der Waals surface area contributed by atoms with Gasteiger partial charge in [-0.2, -0.15) is 0 Å². The molecule has 0 saturated carbocycles. The number of allylic oxidation sites excluding steroid dienone is 2. The summed E-state index contributed by atoms with van der Waals surface area (Å²) < 4.78 is 27.5. The molecule has 1 amide bonds. The molecule has 1 aromatic carbocycles. The van der Waals surface area contributed by atoms with Gasteiger partial charge in [0.2, 0.25) is 0 Å². The lowest BCUT2D eigenvalue weighted by atomic mass is 10.0. The zero-order valence-corrected chi connectivity index (χ0v) is 17.5. The van der Waals surface area contributed by atoms with E-state index < -0.39 is 10.0 Å². The smallest absolute Gasteiger partial charge is 0.256 e. The number of benzene rings is 1. The Morgan fingerprint density at radius 2 is 1.90 bits per heavy atom. The molecule has 0 aliphatic carbocycles. The number of amidine groups is 1. The van der Waals surface area contributed by atoms with Gasteiger partial charge in [0, 0.05) is 43.4 Å². The van der Waals surface area contributed by atoms with Crippen LogP contribution in [0.5, 0.6) is 0 Å². The summed E-state index contributed by atoms with van der Waals surface area (Å²) in [4.78, 5) is 16.9. The lowest BCUT2D eigenvalue weighted by Gasteiger charge is -2.33. The van der Waals surface area contributed by atoms with Crippen molar-refractivity contribution in [3.8, 4) is 0 Å². The summed E-state index contributed by atoms with van der Waals surface area (Å²) in [6.07, 6.45) is 6.81. The van der Waals surface area contributed by atoms with E-state index in [0.717, 1.165) is 37.5 Å². The fourth-order valence-electron chi connectivity index (χ4n) is 3.74. The van der Waals surface area contributed by atoms with Crippen molar-refractivity contribution in [1.82, 2.24) is 15.1 Å². The molecular weight excluding hydrogens is 412 g/mol. The predicted octanol–water partition coefficient (Wildman–Crippen LogP) is 1.92. The summed E-state index contributed by atoms with van der Waals surface area (Å²) >= 11 is 5.94. The molecule has 9 heteroatoms. The average Bonchev–Trinajstić information content (AvgIpc) is 2.70. The van der Waals surface area contributed by atoms with Crippen molar-refractivity contribution in [2.45, 2.75) is 25.4 Å². The molecule has 1 aromatic rings. The third-order valence-electron chi connectivity index (χ3n) is 5.34. The van der Waals surface area contributed by atoms with Crippen molar-refractivity contribution in [1.29, 1.82) is 0 Å². The maximum Gasteiger partial charge on any atom is 0.256 e. The van der Waals surface area contributed by atoms with E-state index >= 15 is 0 Å². The molecule has 3 aliphatic rings. The molecule has 0 radical (unpaired) electrons. The first-order chi connectivity index (χ1) is 13.9. The maximum absolute atomic E-state index is 12.8. The molecule has 1 fully saturated rings. The Morgan fingerprint density at radius 1 is 1.17 bits per heavy atom. The van der Waals surface area contributed by atoms with Crippen molar-refractivity contribution < 1.29 is 13.2 Å². The number of hydrogen-bond donors (Lipinski definition) is 1. The number of amides is 1. The number of carbonyl (C=O) groups excluding carboxylic acids is 1. The quantitative estimate of drug-likeness (QED) is 0.782. The molecule has 0 spiro atoms. The lowest BCUT2D eigenvalue weighted by Crippen LogP contribution is -2.47. The van der Waals surface area contributed by atoms with Crippen molar-refractivity contribution in [3.05, 3.63) is 58.8 Å². The molecule has 0 unspecified atom stereocenters. The van der Waals surface area contributed by atoms with Gasteiger partial charge < -0.3 is 10.2 Å². The van der Waals surface area contributed by atoms with Gasteiger partial charge in [-0.05, 0) is 42.7 Å². The number of halogens is 1. The lowest BCUT2D eigenvalue weighted by molar-refractivity contribution is -0.118. The van der Waals surface area contributed by atoms with Crippen LogP contribution in [0.1, 0.15) is 18.4 Å². The van der Waals surface area contributed by atoms with Crippen LogP contribution in [0, 0.1) is 0 Å².